The topological polar surface area (TPSA) is 49.4 Å². The van der Waals surface area contributed by atoms with Crippen LogP contribution in [-0.2, 0) is 15.0 Å². The zero-order chi connectivity index (χ0) is 17.7. The number of nitrogens with one attached hydrogen (secondary N) is 1. The van der Waals surface area contributed by atoms with Crippen molar-refractivity contribution < 1.29 is 9.59 Å². The molecule has 0 aliphatic heterocycles. The van der Waals surface area contributed by atoms with Crippen molar-refractivity contribution >= 4 is 17.5 Å². The van der Waals surface area contributed by atoms with Gasteiger partial charge in [-0.15, -0.1) is 0 Å². The first-order valence-electron chi connectivity index (χ1n) is 7.98. The number of carbonyl (C=O) groups is 2. The highest BCUT2D eigenvalue weighted by molar-refractivity contribution is 5.96. The number of hydrogen-bond acceptors (Lipinski definition) is 2. The summed E-state index contributed by atoms with van der Waals surface area (Å²) in [7, 11) is 1.65. The van der Waals surface area contributed by atoms with Gasteiger partial charge in [0.05, 0.1) is 12.0 Å². The molecule has 0 spiro atoms. The van der Waals surface area contributed by atoms with Gasteiger partial charge in [-0.3, -0.25) is 9.59 Å². The van der Waals surface area contributed by atoms with Gasteiger partial charge in [0.2, 0.25) is 11.8 Å². The number of anilines is 1. The summed E-state index contributed by atoms with van der Waals surface area (Å²) in [6.07, 6.45) is 0. The van der Waals surface area contributed by atoms with Crippen LogP contribution in [-0.4, -0.2) is 30.3 Å². The average Bonchev–Trinajstić information content (AvgIpc) is 2.57. The highest BCUT2D eigenvalue weighted by Gasteiger charge is 2.32. The molecule has 2 aromatic carbocycles. The molecule has 0 heterocycles. The second-order valence-corrected chi connectivity index (χ2v) is 6.57. The summed E-state index contributed by atoms with van der Waals surface area (Å²) in [6.45, 7) is 5.75. The summed E-state index contributed by atoms with van der Waals surface area (Å²) >= 11 is 0. The number of hydrogen-bond donors (Lipinski definition) is 1. The molecule has 0 saturated heterocycles. The van der Waals surface area contributed by atoms with Crippen LogP contribution in [0.4, 0.5) is 5.69 Å². The molecule has 126 valence electrons. The third-order valence-electron chi connectivity index (χ3n) is 4.09. The van der Waals surface area contributed by atoms with Crippen molar-refractivity contribution in [3.8, 4) is 0 Å². The summed E-state index contributed by atoms with van der Waals surface area (Å²) in [6, 6.07) is 17.2. The van der Waals surface area contributed by atoms with E-state index in [0.29, 0.717) is 0 Å². The SMILES string of the molecule is Cc1ccc(NC(=O)CN(C)C(=O)C(C)(C)c2ccccc2)cc1. The van der Waals surface area contributed by atoms with E-state index in [0.717, 1.165) is 16.8 Å². The van der Waals surface area contributed by atoms with Gasteiger partial charge in [0.15, 0.2) is 0 Å². The molecular weight excluding hydrogens is 300 g/mol. The number of nitrogens with zero attached hydrogens (tertiary/aromatic N) is 1. The van der Waals surface area contributed by atoms with Crippen molar-refractivity contribution in [2.75, 3.05) is 18.9 Å². The van der Waals surface area contributed by atoms with E-state index >= 15 is 0 Å². The summed E-state index contributed by atoms with van der Waals surface area (Å²) < 4.78 is 0. The maximum absolute atomic E-state index is 12.7. The molecule has 0 aromatic heterocycles. The van der Waals surface area contributed by atoms with Gasteiger partial charge in [-0.1, -0.05) is 48.0 Å². The largest absolute Gasteiger partial charge is 0.336 e. The van der Waals surface area contributed by atoms with Gasteiger partial charge in [-0.2, -0.15) is 0 Å². The molecule has 0 atom stereocenters. The van der Waals surface area contributed by atoms with Crippen LogP contribution in [0.2, 0.25) is 0 Å². The predicted molar refractivity (Wildman–Crippen MR) is 96.9 cm³/mol. The van der Waals surface area contributed by atoms with E-state index in [1.807, 2.05) is 75.4 Å². The fourth-order valence-electron chi connectivity index (χ4n) is 2.58. The third-order valence-corrected chi connectivity index (χ3v) is 4.09. The van der Waals surface area contributed by atoms with Crippen molar-refractivity contribution in [2.24, 2.45) is 0 Å². The molecule has 2 amide bonds. The van der Waals surface area contributed by atoms with Crippen molar-refractivity contribution in [1.29, 1.82) is 0 Å². The van der Waals surface area contributed by atoms with Crippen LogP contribution in [0.1, 0.15) is 25.0 Å². The van der Waals surface area contributed by atoms with Crippen LogP contribution in [0, 0.1) is 6.92 Å². The maximum atomic E-state index is 12.7. The summed E-state index contributed by atoms with van der Waals surface area (Å²) in [5.74, 6) is -0.300. The monoisotopic (exact) mass is 324 g/mol. The van der Waals surface area contributed by atoms with Gasteiger partial charge in [-0.25, -0.2) is 0 Å². The maximum Gasteiger partial charge on any atom is 0.243 e. The molecule has 2 aromatic rings. The molecule has 4 heteroatoms. The average molecular weight is 324 g/mol. The van der Waals surface area contributed by atoms with E-state index in [2.05, 4.69) is 5.32 Å². The number of aryl methyl sites for hydroxylation is 1. The molecule has 0 fully saturated rings. The molecule has 4 nitrogen and oxygen atoms in total. The molecule has 0 aliphatic carbocycles. The van der Waals surface area contributed by atoms with Crippen LogP contribution in [0.3, 0.4) is 0 Å². The van der Waals surface area contributed by atoms with Gasteiger partial charge >= 0.3 is 0 Å². The Kier molecular flexibility index (Phi) is 5.39. The standard InChI is InChI=1S/C20H24N2O2/c1-15-10-12-17(13-11-15)21-18(23)14-22(4)19(24)20(2,3)16-8-6-5-7-9-16/h5-13H,14H2,1-4H3,(H,21,23). The van der Waals surface area contributed by atoms with Crippen molar-refractivity contribution in [3.05, 3.63) is 65.7 Å². The fraction of sp³-hybridized carbons (Fsp3) is 0.300. The van der Waals surface area contributed by atoms with Crippen molar-refractivity contribution in [2.45, 2.75) is 26.2 Å². The summed E-state index contributed by atoms with van der Waals surface area (Å²) in [5.41, 5.74) is 2.11. The molecule has 0 unspecified atom stereocenters. The van der Waals surface area contributed by atoms with Crippen LogP contribution < -0.4 is 5.32 Å². The molecule has 24 heavy (non-hydrogen) atoms. The number of likely N-dealkylation sites (N-methyl/N-ethyl adjacent to an activating group) is 1. The zero-order valence-electron chi connectivity index (χ0n) is 14.7. The third kappa shape index (κ3) is 4.22. The quantitative estimate of drug-likeness (QED) is 0.917. The zero-order valence-corrected chi connectivity index (χ0v) is 14.7. The van der Waals surface area contributed by atoms with Crippen LogP contribution in [0.25, 0.3) is 0 Å². The minimum absolute atomic E-state index is 0.0168. The van der Waals surface area contributed by atoms with Gasteiger partial charge in [0.1, 0.15) is 0 Å². The number of carbonyl (C=O) groups excluding carboxylic acids is 2. The van der Waals surface area contributed by atoms with E-state index in [9.17, 15) is 9.59 Å². The normalized spacial score (nSPS) is 11.0. The predicted octanol–water partition coefficient (Wildman–Crippen LogP) is 3.37. The fourth-order valence-corrected chi connectivity index (χ4v) is 2.58. The second kappa shape index (κ2) is 7.30. The lowest BCUT2D eigenvalue weighted by Crippen LogP contribution is -2.44. The highest BCUT2D eigenvalue weighted by atomic mass is 16.2. The highest BCUT2D eigenvalue weighted by Crippen LogP contribution is 2.25. The van der Waals surface area contributed by atoms with Crippen LogP contribution in [0.15, 0.2) is 54.6 Å². The van der Waals surface area contributed by atoms with Gasteiger partial charge in [0, 0.05) is 12.7 Å². The molecule has 1 N–H and O–H groups in total. The minimum Gasteiger partial charge on any atom is -0.336 e. The van der Waals surface area contributed by atoms with E-state index < -0.39 is 5.41 Å². The van der Waals surface area contributed by atoms with Crippen LogP contribution in [0.5, 0.6) is 0 Å². The van der Waals surface area contributed by atoms with E-state index in [-0.39, 0.29) is 18.4 Å². The first-order chi connectivity index (χ1) is 11.3. The summed E-state index contributed by atoms with van der Waals surface area (Å²) in [4.78, 5) is 26.4. The molecule has 0 radical (unpaired) electrons. The first kappa shape index (κ1) is 17.7. The lowest BCUT2D eigenvalue weighted by atomic mass is 9.83. The second-order valence-electron chi connectivity index (χ2n) is 6.57. The lowest BCUT2D eigenvalue weighted by molar-refractivity contribution is -0.137. The minimum atomic E-state index is -0.680. The molecule has 0 saturated carbocycles. The summed E-state index contributed by atoms with van der Waals surface area (Å²) in [5, 5.41) is 2.81. The van der Waals surface area contributed by atoms with E-state index in [4.69, 9.17) is 0 Å². The first-order valence-corrected chi connectivity index (χ1v) is 7.98. The van der Waals surface area contributed by atoms with Crippen molar-refractivity contribution in [1.82, 2.24) is 4.90 Å². The Balaban J connectivity index is 2.00. The van der Waals surface area contributed by atoms with E-state index in [1.54, 1.807) is 7.05 Å². The van der Waals surface area contributed by atoms with Crippen molar-refractivity contribution in [3.63, 3.8) is 0 Å². The molecular formula is C20H24N2O2. The van der Waals surface area contributed by atoms with Gasteiger partial charge in [-0.05, 0) is 38.5 Å². The molecule has 0 bridgehead atoms. The molecule has 2 rings (SSSR count). The Hall–Kier alpha value is -2.62. The Morgan fingerprint density at radius 3 is 2.17 bits per heavy atom. The van der Waals surface area contributed by atoms with E-state index in [1.165, 1.54) is 4.90 Å². The number of rotatable bonds is 5. The Morgan fingerprint density at radius 1 is 1.00 bits per heavy atom. The number of benzene rings is 2. The number of amides is 2. The van der Waals surface area contributed by atoms with Gasteiger partial charge < -0.3 is 10.2 Å². The Labute approximate surface area is 143 Å². The van der Waals surface area contributed by atoms with Crippen LogP contribution >= 0.6 is 0 Å². The van der Waals surface area contributed by atoms with Gasteiger partial charge in [0.25, 0.3) is 0 Å². The smallest absolute Gasteiger partial charge is 0.243 e. The molecule has 0 aliphatic rings. The Morgan fingerprint density at radius 2 is 1.58 bits per heavy atom. The Bertz CT molecular complexity index is 706. The lowest BCUT2D eigenvalue weighted by Gasteiger charge is -2.29.